The molecule has 2 N–H and O–H groups in total. The summed E-state index contributed by atoms with van der Waals surface area (Å²) >= 11 is 5.82. The summed E-state index contributed by atoms with van der Waals surface area (Å²) in [5, 5.41) is 13.3. The van der Waals surface area contributed by atoms with Gasteiger partial charge in [-0.25, -0.2) is 0 Å². The van der Waals surface area contributed by atoms with E-state index in [4.69, 9.17) is 11.6 Å². The first-order valence-electron chi connectivity index (χ1n) is 7.06. The summed E-state index contributed by atoms with van der Waals surface area (Å²) in [6, 6.07) is 7.25. The van der Waals surface area contributed by atoms with Crippen molar-refractivity contribution in [2.24, 2.45) is 0 Å². The molecule has 2 unspecified atom stereocenters. The van der Waals surface area contributed by atoms with Crippen LogP contribution in [0, 0.1) is 0 Å². The van der Waals surface area contributed by atoms with E-state index < -0.39 is 0 Å². The lowest BCUT2D eigenvalue weighted by Crippen LogP contribution is -2.41. The summed E-state index contributed by atoms with van der Waals surface area (Å²) in [4.78, 5) is 16.2. The van der Waals surface area contributed by atoms with Gasteiger partial charge >= 0.3 is 0 Å². The highest BCUT2D eigenvalue weighted by Gasteiger charge is 2.32. The van der Waals surface area contributed by atoms with Gasteiger partial charge in [-0.1, -0.05) is 11.6 Å². The molecule has 1 aliphatic heterocycles. The molecule has 1 aliphatic rings. The first kappa shape index (κ1) is 16.2. The van der Waals surface area contributed by atoms with E-state index in [0.717, 1.165) is 12.2 Å². The highest BCUT2D eigenvalue weighted by Crippen LogP contribution is 2.19. The molecule has 0 aliphatic carbocycles. The molecule has 1 fully saturated rings. The second kappa shape index (κ2) is 7.22. The van der Waals surface area contributed by atoms with Crippen LogP contribution in [0.25, 0.3) is 0 Å². The van der Waals surface area contributed by atoms with Crippen molar-refractivity contribution >= 4 is 23.2 Å². The number of hydrogen-bond donors (Lipinski definition) is 2. The second-order valence-corrected chi connectivity index (χ2v) is 6.23. The molecular formula is C15H22ClN3O2. The zero-order chi connectivity index (χ0) is 15.4. The van der Waals surface area contributed by atoms with Crippen LogP contribution in [0.5, 0.6) is 0 Å². The van der Waals surface area contributed by atoms with Crippen molar-refractivity contribution in [3.05, 3.63) is 29.3 Å². The fourth-order valence-electron chi connectivity index (χ4n) is 2.68. The number of aliphatic hydroxyl groups is 1. The number of rotatable bonds is 5. The Balaban J connectivity index is 1.90. The first-order valence-corrected chi connectivity index (χ1v) is 7.44. The van der Waals surface area contributed by atoms with E-state index in [9.17, 15) is 9.90 Å². The van der Waals surface area contributed by atoms with Crippen molar-refractivity contribution in [1.29, 1.82) is 0 Å². The number of nitrogens with zero attached hydrogens (tertiary/aromatic N) is 2. The lowest BCUT2D eigenvalue weighted by atomic mass is 10.2. The predicted octanol–water partition coefficient (Wildman–Crippen LogP) is 1.28. The Morgan fingerprint density at radius 3 is 2.71 bits per heavy atom. The molecule has 0 saturated carbocycles. The third-order valence-electron chi connectivity index (χ3n) is 3.56. The SMILES string of the molecule is CN(C)CC1CC(O)CN1CC(=O)Nc1ccc(Cl)cc1. The summed E-state index contributed by atoms with van der Waals surface area (Å²) in [5.41, 5.74) is 0.730. The molecule has 0 spiro atoms. The normalized spacial score (nSPS) is 22.7. The van der Waals surface area contributed by atoms with E-state index in [1.807, 2.05) is 19.0 Å². The van der Waals surface area contributed by atoms with Crippen LogP contribution in [0.1, 0.15) is 6.42 Å². The number of amides is 1. The van der Waals surface area contributed by atoms with E-state index >= 15 is 0 Å². The highest BCUT2D eigenvalue weighted by atomic mass is 35.5. The molecule has 1 heterocycles. The van der Waals surface area contributed by atoms with Crippen molar-refractivity contribution in [3.8, 4) is 0 Å². The molecule has 6 heteroatoms. The fourth-order valence-corrected chi connectivity index (χ4v) is 2.81. The smallest absolute Gasteiger partial charge is 0.238 e. The standard InChI is InChI=1S/C15H22ClN3O2/c1-18(2)8-13-7-14(20)9-19(13)10-15(21)17-12-5-3-11(16)4-6-12/h3-6,13-14,20H,7-10H2,1-2H3,(H,17,21). The van der Waals surface area contributed by atoms with Crippen LogP contribution in [0.4, 0.5) is 5.69 Å². The Labute approximate surface area is 130 Å². The molecule has 0 bridgehead atoms. The van der Waals surface area contributed by atoms with Gasteiger partial charge in [0.05, 0.1) is 12.6 Å². The molecule has 5 nitrogen and oxygen atoms in total. The molecule has 116 valence electrons. The molecule has 0 radical (unpaired) electrons. The Morgan fingerprint density at radius 2 is 2.10 bits per heavy atom. The number of β-amino-alcohol motifs (C(OH)–C–C–N with tert-alkyl or cyclic N) is 1. The highest BCUT2D eigenvalue weighted by molar-refractivity contribution is 6.30. The number of likely N-dealkylation sites (N-methyl/N-ethyl adjacent to an activating group) is 1. The van der Waals surface area contributed by atoms with Crippen molar-refractivity contribution < 1.29 is 9.90 Å². The molecular weight excluding hydrogens is 290 g/mol. The molecule has 1 aromatic rings. The lowest BCUT2D eigenvalue weighted by molar-refractivity contribution is -0.117. The maximum Gasteiger partial charge on any atom is 0.238 e. The van der Waals surface area contributed by atoms with Crippen LogP contribution in [-0.4, -0.2) is 66.7 Å². The minimum Gasteiger partial charge on any atom is -0.392 e. The van der Waals surface area contributed by atoms with Gasteiger partial charge in [-0.15, -0.1) is 0 Å². The minimum atomic E-state index is -0.349. The van der Waals surface area contributed by atoms with E-state index in [1.165, 1.54) is 0 Å². The van der Waals surface area contributed by atoms with Crippen LogP contribution >= 0.6 is 11.6 Å². The van der Waals surface area contributed by atoms with Gasteiger partial charge in [0.2, 0.25) is 5.91 Å². The maximum atomic E-state index is 12.1. The number of nitrogens with one attached hydrogen (secondary N) is 1. The Kier molecular flexibility index (Phi) is 5.58. The van der Waals surface area contributed by atoms with Crippen molar-refractivity contribution in [2.75, 3.05) is 39.0 Å². The molecule has 2 rings (SSSR count). The Morgan fingerprint density at radius 1 is 1.43 bits per heavy atom. The van der Waals surface area contributed by atoms with Crippen LogP contribution < -0.4 is 5.32 Å². The molecule has 2 atom stereocenters. The quantitative estimate of drug-likeness (QED) is 0.860. The molecule has 21 heavy (non-hydrogen) atoms. The summed E-state index contributed by atoms with van der Waals surface area (Å²) in [5.74, 6) is -0.0739. The average molecular weight is 312 g/mol. The van der Waals surface area contributed by atoms with Crippen LogP contribution in [0.15, 0.2) is 24.3 Å². The monoisotopic (exact) mass is 311 g/mol. The van der Waals surface area contributed by atoms with Gasteiger partial charge in [0.25, 0.3) is 0 Å². The number of likely N-dealkylation sites (tertiary alicyclic amines) is 1. The van der Waals surface area contributed by atoms with Gasteiger partial charge in [-0.2, -0.15) is 0 Å². The molecule has 1 amide bonds. The molecule has 1 aromatic carbocycles. The van der Waals surface area contributed by atoms with Gasteiger partial charge in [0, 0.05) is 29.8 Å². The van der Waals surface area contributed by atoms with Gasteiger partial charge < -0.3 is 15.3 Å². The zero-order valence-electron chi connectivity index (χ0n) is 12.4. The number of carbonyl (C=O) groups excluding carboxylic acids is 1. The van der Waals surface area contributed by atoms with Crippen LogP contribution in [-0.2, 0) is 4.79 Å². The van der Waals surface area contributed by atoms with Crippen molar-refractivity contribution in [2.45, 2.75) is 18.6 Å². The first-order chi connectivity index (χ1) is 9.94. The van der Waals surface area contributed by atoms with E-state index in [-0.39, 0.29) is 24.6 Å². The van der Waals surface area contributed by atoms with E-state index in [2.05, 4.69) is 10.2 Å². The van der Waals surface area contributed by atoms with Gasteiger partial charge in [-0.05, 0) is 44.8 Å². The number of halogens is 1. The van der Waals surface area contributed by atoms with Crippen molar-refractivity contribution in [1.82, 2.24) is 9.80 Å². The summed E-state index contributed by atoms with van der Waals surface area (Å²) in [6.45, 7) is 1.68. The number of aliphatic hydroxyl groups excluding tert-OH is 1. The largest absolute Gasteiger partial charge is 0.392 e. The number of anilines is 1. The topological polar surface area (TPSA) is 55.8 Å². The molecule has 1 saturated heterocycles. The molecule has 0 aromatic heterocycles. The number of hydrogen-bond acceptors (Lipinski definition) is 4. The maximum absolute atomic E-state index is 12.1. The van der Waals surface area contributed by atoms with E-state index in [1.54, 1.807) is 24.3 Å². The van der Waals surface area contributed by atoms with Gasteiger partial charge in [-0.3, -0.25) is 9.69 Å². The van der Waals surface area contributed by atoms with Gasteiger partial charge in [0.15, 0.2) is 0 Å². The van der Waals surface area contributed by atoms with Gasteiger partial charge in [0.1, 0.15) is 0 Å². The average Bonchev–Trinajstić information content (AvgIpc) is 2.71. The van der Waals surface area contributed by atoms with E-state index in [0.29, 0.717) is 18.0 Å². The third-order valence-corrected chi connectivity index (χ3v) is 3.81. The lowest BCUT2D eigenvalue weighted by Gasteiger charge is -2.26. The summed E-state index contributed by atoms with van der Waals surface area (Å²) in [6.07, 6.45) is 0.366. The minimum absolute atomic E-state index is 0.0739. The van der Waals surface area contributed by atoms with Crippen LogP contribution in [0.2, 0.25) is 5.02 Å². The second-order valence-electron chi connectivity index (χ2n) is 5.79. The summed E-state index contributed by atoms with van der Waals surface area (Å²) in [7, 11) is 3.99. The fraction of sp³-hybridized carbons (Fsp3) is 0.533. The zero-order valence-corrected chi connectivity index (χ0v) is 13.2. The predicted molar refractivity (Wildman–Crippen MR) is 84.6 cm³/mol. The Bertz CT molecular complexity index is 478. The number of carbonyl (C=O) groups is 1. The summed E-state index contributed by atoms with van der Waals surface area (Å²) < 4.78 is 0. The number of benzene rings is 1. The third kappa shape index (κ3) is 4.97. The van der Waals surface area contributed by atoms with Crippen LogP contribution in [0.3, 0.4) is 0 Å². The van der Waals surface area contributed by atoms with Crippen molar-refractivity contribution in [3.63, 3.8) is 0 Å². The Hall–Kier alpha value is -1.14.